The number of hydrogen-bond donors (Lipinski definition) is 0. The summed E-state index contributed by atoms with van der Waals surface area (Å²) >= 11 is 0. The average molecular weight is 220 g/mol. The van der Waals surface area contributed by atoms with Gasteiger partial charge < -0.3 is 0 Å². The topological polar surface area (TPSA) is 0 Å². The molecule has 1 aromatic carbocycles. The Morgan fingerprint density at radius 3 is 1.62 bits per heavy atom. The summed E-state index contributed by atoms with van der Waals surface area (Å²) < 4.78 is 0. The first kappa shape index (κ1) is 20.2. The van der Waals surface area contributed by atoms with E-state index < -0.39 is 0 Å². The van der Waals surface area contributed by atoms with Crippen LogP contribution in [0.2, 0.25) is 0 Å². The van der Waals surface area contributed by atoms with Crippen LogP contribution < -0.4 is 0 Å². The Hall–Kier alpha value is -1.22. The van der Waals surface area contributed by atoms with Crippen molar-refractivity contribution < 1.29 is 0 Å². The Kier molecular flexibility index (Phi) is 20.5. The molecule has 0 heteroatoms. The molecule has 0 bridgehead atoms. The van der Waals surface area contributed by atoms with E-state index >= 15 is 0 Å². The summed E-state index contributed by atoms with van der Waals surface area (Å²) in [7, 11) is 0. The first-order valence-electron chi connectivity index (χ1n) is 6.10. The maximum absolute atomic E-state index is 4.00. The molecule has 0 N–H and O–H groups in total. The van der Waals surface area contributed by atoms with E-state index in [2.05, 4.69) is 57.9 Å². The molecule has 0 saturated heterocycles. The minimum atomic E-state index is 0.653. The molecule has 0 radical (unpaired) electrons. The minimum Gasteiger partial charge on any atom is -0.124 e. The lowest BCUT2D eigenvalue weighted by Crippen LogP contribution is -1.86. The standard InChI is InChI=1S/C10H14.2C2H6.C2H2/c1-8(2)10-6-4-5-9(3)7-10;3*1-2/h4-8H,1-3H3;2*1-2H3;1-2H. The molecule has 0 spiro atoms. The van der Waals surface area contributed by atoms with Gasteiger partial charge in [0.1, 0.15) is 0 Å². The van der Waals surface area contributed by atoms with Gasteiger partial charge >= 0.3 is 0 Å². The van der Waals surface area contributed by atoms with Gasteiger partial charge in [-0.3, -0.25) is 0 Å². The smallest absolute Gasteiger partial charge is 0.0219 e. The highest BCUT2D eigenvalue weighted by Crippen LogP contribution is 2.14. The normalized spacial score (nSPS) is 7.38. The lowest BCUT2D eigenvalue weighted by atomic mass is 10.0. The van der Waals surface area contributed by atoms with Gasteiger partial charge in [-0.2, -0.15) is 0 Å². The second-order valence-corrected chi connectivity index (χ2v) is 3.07. The van der Waals surface area contributed by atoms with Crippen LogP contribution in [-0.4, -0.2) is 0 Å². The first-order valence-corrected chi connectivity index (χ1v) is 6.10. The molecule has 0 aliphatic carbocycles. The minimum absolute atomic E-state index is 0.653. The highest BCUT2D eigenvalue weighted by Gasteiger charge is 1.96. The molecular formula is C16H28. The van der Waals surface area contributed by atoms with Gasteiger partial charge in [-0.05, 0) is 18.4 Å². The van der Waals surface area contributed by atoms with Crippen molar-refractivity contribution in [2.75, 3.05) is 0 Å². The Labute approximate surface area is 103 Å². The second-order valence-electron chi connectivity index (χ2n) is 3.07. The molecule has 1 rings (SSSR count). The summed E-state index contributed by atoms with van der Waals surface area (Å²) in [5, 5.41) is 0. The number of rotatable bonds is 1. The van der Waals surface area contributed by atoms with Crippen molar-refractivity contribution in [3.63, 3.8) is 0 Å². The van der Waals surface area contributed by atoms with E-state index in [9.17, 15) is 0 Å². The summed E-state index contributed by atoms with van der Waals surface area (Å²) in [5.74, 6) is 0.653. The van der Waals surface area contributed by atoms with Crippen LogP contribution in [-0.2, 0) is 0 Å². The summed E-state index contributed by atoms with van der Waals surface area (Å²) in [5.41, 5.74) is 2.78. The summed E-state index contributed by atoms with van der Waals surface area (Å²) in [4.78, 5) is 0. The molecule has 0 aliphatic rings. The molecule has 0 nitrogen and oxygen atoms in total. The van der Waals surface area contributed by atoms with Crippen molar-refractivity contribution in [1.82, 2.24) is 0 Å². The molecule has 0 aromatic heterocycles. The fourth-order valence-electron chi connectivity index (χ4n) is 1.03. The van der Waals surface area contributed by atoms with E-state index in [1.807, 2.05) is 27.7 Å². The summed E-state index contributed by atoms with van der Waals surface area (Å²) in [6.07, 6.45) is 8.00. The Bertz CT molecular complexity index is 243. The molecule has 0 heterocycles. The van der Waals surface area contributed by atoms with Gasteiger partial charge in [-0.15, -0.1) is 12.8 Å². The SMILES string of the molecule is C#C.CC.CC.Cc1cccc(C(C)C)c1. The van der Waals surface area contributed by atoms with Gasteiger partial charge in [0.15, 0.2) is 0 Å². The van der Waals surface area contributed by atoms with E-state index in [1.165, 1.54) is 11.1 Å². The third-order valence-corrected chi connectivity index (χ3v) is 1.71. The number of aryl methyl sites for hydroxylation is 1. The van der Waals surface area contributed by atoms with Crippen LogP contribution in [0.1, 0.15) is 58.6 Å². The van der Waals surface area contributed by atoms with Gasteiger partial charge in [0.25, 0.3) is 0 Å². The van der Waals surface area contributed by atoms with E-state index in [-0.39, 0.29) is 0 Å². The van der Waals surface area contributed by atoms with Gasteiger partial charge in [-0.25, -0.2) is 0 Å². The maximum atomic E-state index is 4.00. The van der Waals surface area contributed by atoms with Crippen LogP contribution in [0.25, 0.3) is 0 Å². The van der Waals surface area contributed by atoms with Crippen LogP contribution in [0.3, 0.4) is 0 Å². The zero-order chi connectivity index (χ0) is 13.6. The third kappa shape index (κ3) is 10.9. The maximum Gasteiger partial charge on any atom is -0.0219 e. The van der Waals surface area contributed by atoms with Crippen LogP contribution >= 0.6 is 0 Å². The van der Waals surface area contributed by atoms with E-state index in [0.717, 1.165) is 0 Å². The molecular weight excluding hydrogens is 192 g/mol. The predicted octanol–water partition coefficient (Wildman–Crippen LogP) is 5.42. The fourth-order valence-corrected chi connectivity index (χ4v) is 1.03. The highest BCUT2D eigenvalue weighted by atomic mass is 14.0. The van der Waals surface area contributed by atoms with Crippen molar-refractivity contribution in [2.24, 2.45) is 0 Å². The third-order valence-electron chi connectivity index (χ3n) is 1.71. The van der Waals surface area contributed by atoms with Gasteiger partial charge in [0.05, 0.1) is 0 Å². The van der Waals surface area contributed by atoms with Gasteiger partial charge in [0, 0.05) is 0 Å². The number of terminal acetylenes is 1. The van der Waals surface area contributed by atoms with Gasteiger partial charge in [0.2, 0.25) is 0 Å². The lowest BCUT2D eigenvalue weighted by molar-refractivity contribution is 0.865. The predicted molar refractivity (Wildman–Crippen MR) is 77.9 cm³/mol. The zero-order valence-electron chi connectivity index (χ0n) is 12.0. The Morgan fingerprint density at radius 1 is 0.938 bits per heavy atom. The largest absolute Gasteiger partial charge is 0.124 e. The fraction of sp³-hybridized carbons (Fsp3) is 0.500. The number of benzene rings is 1. The van der Waals surface area contributed by atoms with E-state index in [0.29, 0.717) is 5.92 Å². The molecule has 0 saturated carbocycles. The van der Waals surface area contributed by atoms with Crippen LogP contribution in [0.5, 0.6) is 0 Å². The molecule has 0 aliphatic heterocycles. The van der Waals surface area contributed by atoms with Crippen LogP contribution in [0.15, 0.2) is 24.3 Å². The molecule has 1 aromatic rings. The Morgan fingerprint density at radius 2 is 1.38 bits per heavy atom. The molecule has 92 valence electrons. The zero-order valence-corrected chi connectivity index (χ0v) is 12.0. The average Bonchev–Trinajstić information content (AvgIpc) is 2.36. The van der Waals surface area contributed by atoms with Crippen molar-refractivity contribution in [3.05, 3.63) is 35.4 Å². The quantitative estimate of drug-likeness (QED) is 0.554. The lowest BCUT2D eigenvalue weighted by Gasteiger charge is -2.04. The molecule has 16 heavy (non-hydrogen) atoms. The summed E-state index contributed by atoms with van der Waals surface area (Å²) in [6.45, 7) is 14.6. The van der Waals surface area contributed by atoms with E-state index in [1.54, 1.807) is 0 Å². The van der Waals surface area contributed by atoms with Gasteiger partial charge in [-0.1, -0.05) is 71.4 Å². The first-order chi connectivity index (χ1) is 7.70. The molecule has 0 atom stereocenters. The molecule has 0 fully saturated rings. The summed E-state index contributed by atoms with van der Waals surface area (Å²) in [6, 6.07) is 8.67. The highest BCUT2D eigenvalue weighted by molar-refractivity contribution is 5.24. The van der Waals surface area contributed by atoms with Crippen LogP contribution in [0.4, 0.5) is 0 Å². The monoisotopic (exact) mass is 220 g/mol. The van der Waals surface area contributed by atoms with Crippen molar-refractivity contribution in [3.8, 4) is 12.8 Å². The second kappa shape index (κ2) is 16.2. The molecule has 0 amide bonds. The molecule has 0 unspecified atom stereocenters. The van der Waals surface area contributed by atoms with Crippen molar-refractivity contribution >= 4 is 0 Å². The Balaban J connectivity index is -0.000000245. The van der Waals surface area contributed by atoms with Crippen LogP contribution in [0, 0.1) is 19.8 Å². The number of hydrogen-bond acceptors (Lipinski definition) is 0. The van der Waals surface area contributed by atoms with E-state index in [4.69, 9.17) is 0 Å². The van der Waals surface area contributed by atoms with Crippen molar-refractivity contribution in [1.29, 1.82) is 0 Å². The van der Waals surface area contributed by atoms with Crippen molar-refractivity contribution in [2.45, 2.75) is 54.4 Å².